The number of carbonyl (C=O) groups is 1. The number of nitrogens with two attached hydrogens (primary N) is 1. The number of amides is 2. The minimum Gasteiger partial charge on any atom is -0.494 e. The zero-order valence-corrected chi connectivity index (χ0v) is 16.9. The molecule has 0 radical (unpaired) electrons. The fourth-order valence-electron chi connectivity index (χ4n) is 2.75. The van der Waals surface area contributed by atoms with Crippen LogP contribution < -0.4 is 15.9 Å². The Bertz CT molecular complexity index is 621. The van der Waals surface area contributed by atoms with Crippen molar-refractivity contribution in [1.82, 2.24) is 10.3 Å². The number of likely N-dealkylation sites (tertiary alicyclic amines) is 1. The first-order chi connectivity index (χ1) is 13.7. The smallest absolute Gasteiger partial charge is 0.332 e. The van der Waals surface area contributed by atoms with Crippen molar-refractivity contribution >= 4 is 12.2 Å². The normalized spacial score (nSPS) is 14.0. The second kappa shape index (κ2) is 15.5. The Labute approximate surface area is 168 Å². The number of hydrogen-bond donors (Lipinski definition) is 2. The van der Waals surface area contributed by atoms with Crippen molar-refractivity contribution < 1.29 is 9.53 Å². The van der Waals surface area contributed by atoms with Crippen molar-refractivity contribution in [3.05, 3.63) is 29.8 Å². The first-order valence-electron chi connectivity index (χ1n) is 10.0. The predicted octanol–water partition coefficient (Wildman–Crippen LogP) is 3.80. The van der Waals surface area contributed by atoms with Crippen LogP contribution in [-0.2, 0) is 6.54 Å². The molecule has 1 aliphatic heterocycles. The first-order valence-corrected chi connectivity index (χ1v) is 10.0. The summed E-state index contributed by atoms with van der Waals surface area (Å²) >= 11 is 0. The van der Waals surface area contributed by atoms with Crippen molar-refractivity contribution in [2.45, 2.75) is 58.4 Å². The number of hydrazone groups is 1. The van der Waals surface area contributed by atoms with Crippen molar-refractivity contribution in [1.29, 1.82) is 5.26 Å². The molecule has 2 amide bonds. The summed E-state index contributed by atoms with van der Waals surface area (Å²) in [5.74, 6) is 0.924. The fraction of sp³-hybridized carbons (Fsp3) is 0.571. The van der Waals surface area contributed by atoms with Crippen molar-refractivity contribution in [3.63, 3.8) is 0 Å². The van der Waals surface area contributed by atoms with Crippen LogP contribution in [0.2, 0.25) is 0 Å². The molecular weight excluding hydrogens is 354 g/mol. The molecule has 2 rings (SSSR count). The highest BCUT2D eigenvalue weighted by molar-refractivity contribution is 5.72. The molecule has 3 N–H and O–H groups in total. The Morgan fingerprint density at radius 1 is 1.39 bits per heavy atom. The summed E-state index contributed by atoms with van der Waals surface area (Å²) in [6.07, 6.45) is 8.88. The predicted molar refractivity (Wildman–Crippen MR) is 112 cm³/mol. The maximum absolute atomic E-state index is 9.96. The minimum absolute atomic E-state index is 0.563. The lowest BCUT2D eigenvalue weighted by Crippen LogP contribution is -2.29. The molecule has 0 atom stereocenters. The zero-order valence-electron chi connectivity index (χ0n) is 16.9. The number of benzene rings is 1. The largest absolute Gasteiger partial charge is 0.494 e. The average molecular weight is 388 g/mol. The molecule has 28 heavy (non-hydrogen) atoms. The molecule has 154 valence electrons. The lowest BCUT2D eigenvalue weighted by molar-refractivity contribution is 0.220. The molecule has 1 aromatic rings. The van der Waals surface area contributed by atoms with Crippen LogP contribution in [-0.4, -0.2) is 36.8 Å². The number of rotatable bonds is 9. The third-order valence-corrected chi connectivity index (χ3v) is 4.14. The van der Waals surface area contributed by atoms with E-state index in [1.165, 1.54) is 37.9 Å². The van der Waals surface area contributed by atoms with Gasteiger partial charge in [-0.3, -0.25) is 4.90 Å². The number of piperidine rings is 1. The lowest BCUT2D eigenvalue weighted by Gasteiger charge is -2.26. The Balaban J connectivity index is 0.000000370. The Morgan fingerprint density at radius 2 is 2.18 bits per heavy atom. The maximum atomic E-state index is 9.96. The minimum atomic E-state index is -0.623. The highest BCUT2D eigenvalue weighted by Gasteiger charge is 2.10. The van der Waals surface area contributed by atoms with Gasteiger partial charge in [-0.25, -0.2) is 10.2 Å². The number of nitrogens with one attached hydrogen (secondary N) is 1. The van der Waals surface area contributed by atoms with Gasteiger partial charge in [0.05, 0.1) is 12.7 Å². The van der Waals surface area contributed by atoms with E-state index in [1.54, 1.807) is 6.21 Å². The van der Waals surface area contributed by atoms with Crippen LogP contribution in [0.25, 0.3) is 0 Å². The van der Waals surface area contributed by atoms with Crippen LogP contribution in [0.4, 0.5) is 4.79 Å². The Kier molecular flexibility index (Phi) is 13.0. The second-order valence-electron chi connectivity index (χ2n) is 6.67. The SMILES string of the molecule is CCCC=NNC(N)=O.N#CCCCOc1cccc(CN2CCCCC2)c1. The van der Waals surface area contributed by atoms with E-state index >= 15 is 0 Å². The summed E-state index contributed by atoms with van der Waals surface area (Å²) in [4.78, 5) is 12.5. The summed E-state index contributed by atoms with van der Waals surface area (Å²) in [6, 6.07) is 9.85. The maximum Gasteiger partial charge on any atom is 0.332 e. The quantitative estimate of drug-likeness (QED) is 0.382. The number of unbranched alkanes of at least 4 members (excludes halogenated alkanes) is 2. The highest BCUT2D eigenvalue weighted by Crippen LogP contribution is 2.17. The van der Waals surface area contributed by atoms with Crippen molar-refractivity contribution in [2.75, 3.05) is 19.7 Å². The Hall–Kier alpha value is -2.59. The van der Waals surface area contributed by atoms with Crippen molar-refractivity contribution in [3.8, 4) is 11.8 Å². The van der Waals surface area contributed by atoms with E-state index in [9.17, 15) is 4.79 Å². The number of nitriles is 1. The number of urea groups is 1. The molecule has 1 saturated heterocycles. The molecule has 1 aromatic carbocycles. The van der Waals surface area contributed by atoms with Crippen LogP contribution in [0, 0.1) is 11.3 Å². The molecule has 0 saturated carbocycles. The number of ether oxygens (including phenoxy) is 1. The number of primary amides is 1. The monoisotopic (exact) mass is 387 g/mol. The molecule has 1 fully saturated rings. The molecular formula is C21H33N5O2. The number of carbonyl (C=O) groups excluding carboxylic acids is 1. The third kappa shape index (κ3) is 11.9. The third-order valence-electron chi connectivity index (χ3n) is 4.14. The Morgan fingerprint density at radius 3 is 2.86 bits per heavy atom. The van der Waals surface area contributed by atoms with Crippen LogP contribution >= 0.6 is 0 Å². The van der Waals surface area contributed by atoms with Gasteiger partial charge in [0.2, 0.25) is 0 Å². The lowest BCUT2D eigenvalue weighted by atomic mass is 10.1. The van der Waals surface area contributed by atoms with Gasteiger partial charge in [0.1, 0.15) is 5.75 Å². The molecule has 7 heteroatoms. The van der Waals surface area contributed by atoms with Crippen LogP contribution in [0.15, 0.2) is 29.4 Å². The van der Waals surface area contributed by atoms with E-state index in [4.69, 9.17) is 15.7 Å². The van der Waals surface area contributed by atoms with Gasteiger partial charge in [0.25, 0.3) is 0 Å². The highest BCUT2D eigenvalue weighted by atomic mass is 16.5. The van der Waals surface area contributed by atoms with Gasteiger partial charge < -0.3 is 10.5 Å². The van der Waals surface area contributed by atoms with Gasteiger partial charge in [0, 0.05) is 19.2 Å². The van der Waals surface area contributed by atoms with Gasteiger partial charge >= 0.3 is 6.03 Å². The first kappa shape index (κ1) is 23.4. The molecule has 1 heterocycles. The van der Waals surface area contributed by atoms with Crippen LogP contribution in [0.5, 0.6) is 5.75 Å². The van der Waals surface area contributed by atoms with Crippen LogP contribution in [0.3, 0.4) is 0 Å². The number of hydrogen-bond acceptors (Lipinski definition) is 5. The summed E-state index contributed by atoms with van der Waals surface area (Å²) in [7, 11) is 0. The van der Waals surface area contributed by atoms with E-state index in [0.717, 1.165) is 31.6 Å². The molecule has 7 nitrogen and oxygen atoms in total. The summed E-state index contributed by atoms with van der Waals surface area (Å²) in [6.45, 7) is 6.10. The molecule has 0 aromatic heterocycles. The molecule has 0 bridgehead atoms. The van der Waals surface area contributed by atoms with Gasteiger partial charge in [-0.05, 0) is 56.5 Å². The average Bonchev–Trinajstić information content (AvgIpc) is 2.70. The van der Waals surface area contributed by atoms with Gasteiger partial charge in [-0.15, -0.1) is 0 Å². The summed E-state index contributed by atoms with van der Waals surface area (Å²) in [5.41, 5.74) is 8.12. The number of nitrogens with zero attached hydrogens (tertiary/aromatic N) is 3. The second-order valence-corrected chi connectivity index (χ2v) is 6.67. The fourth-order valence-corrected chi connectivity index (χ4v) is 2.75. The molecule has 0 aliphatic carbocycles. The van der Waals surface area contributed by atoms with Gasteiger partial charge in [-0.2, -0.15) is 10.4 Å². The molecule has 0 unspecified atom stereocenters. The molecule has 1 aliphatic rings. The summed E-state index contributed by atoms with van der Waals surface area (Å²) in [5, 5.41) is 12.0. The summed E-state index contributed by atoms with van der Waals surface area (Å²) < 4.78 is 5.67. The molecule has 0 spiro atoms. The van der Waals surface area contributed by atoms with E-state index in [-0.39, 0.29) is 0 Å². The topological polar surface area (TPSA) is 104 Å². The zero-order chi connectivity index (χ0) is 20.5. The van der Waals surface area contributed by atoms with E-state index in [2.05, 4.69) is 39.7 Å². The van der Waals surface area contributed by atoms with Crippen LogP contribution in [0.1, 0.15) is 57.4 Å². The van der Waals surface area contributed by atoms with E-state index < -0.39 is 6.03 Å². The van der Waals surface area contributed by atoms with Gasteiger partial charge in [0.15, 0.2) is 0 Å². The van der Waals surface area contributed by atoms with Gasteiger partial charge in [-0.1, -0.05) is 31.9 Å². The van der Waals surface area contributed by atoms with Crippen molar-refractivity contribution in [2.24, 2.45) is 10.8 Å². The van der Waals surface area contributed by atoms with E-state index in [0.29, 0.717) is 13.0 Å². The van der Waals surface area contributed by atoms with E-state index in [1.807, 2.05) is 13.0 Å². The standard InChI is InChI=1S/C16H22N2O.C5H11N3O/c17-9-2-5-12-19-16-8-6-7-15(13-16)14-18-10-3-1-4-11-18;1-2-3-4-7-8-5(6)9/h6-8,13H,1-5,10-12,14H2;4H,2-3H2,1H3,(H3,6,8,9).